The van der Waals surface area contributed by atoms with Gasteiger partial charge in [0, 0.05) is 33.1 Å². The van der Waals surface area contributed by atoms with Crippen molar-refractivity contribution in [2.75, 3.05) is 26.2 Å². The summed E-state index contributed by atoms with van der Waals surface area (Å²) in [5.41, 5.74) is 0.377. The summed E-state index contributed by atoms with van der Waals surface area (Å²) in [7, 11) is 0. The highest BCUT2D eigenvalue weighted by molar-refractivity contribution is 6.33. The van der Waals surface area contributed by atoms with Gasteiger partial charge in [0.2, 0.25) is 11.8 Å². The molecule has 152 valence electrons. The largest absolute Gasteiger partial charge is 0.343 e. The fourth-order valence-corrected chi connectivity index (χ4v) is 4.33. The molecule has 1 N–H and O–H groups in total. The van der Waals surface area contributed by atoms with Crippen molar-refractivity contribution in [1.29, 1.82) is 0 Å². The molecule has 7 heteroatoms. The summed E-state index contributed by atoms with van der Waals surface area (Å²) >= 11 is 6.17. The Bertz CT molecular complexity index is 725. The second-order valence-electron chi connectivity index (χ2n) is 7.66. The number of piperidine rings is 2. The van der Waals surface area contributed by atoms with E-state index in [4.69, 9.17) is 11.6 Å². The van der Waals surface area contributed by atoms with E-state index in [9.17, 15) is 14.4 Å². The Hall–Kier alpha value is -2.08. The lowest BCUT2D eigenvalue weighted by atomic mass is 9.87. The van der Waals surface area contributed by atoms with Crippen LogP contribution in [-0.2, 0) is 9.59 Å². The Kier molecular flexibility index (Phi) is 6.94. The van der Waals surface area contributed by atoms with E-state index in [1.165, 1.54) is 0 Å². The minimum absolute atomic E-state index is 0.0106. The van der Waals surface area contributed by atoms with Gasteiger partial charge in [0.1, 0.15) is 6.04 Å². The van der Waals surface area contributed by atoms with Crippen LogP contribution in [0.1, 0.15) is 49.4 Å². The predicted octanol–water partition coefficient (Wildman–Crippen LogP) is 2.71. The minimum atomic E-state index is -0.587. The number of amides is 3. The number of hydrogen-bond donors (Lipinski definition) is 1. The van der Waals surface area contributed by atoms with Crippen molar-refractivity contribution in [3.8, 4) is 0 Å². The molecule has 2 aliphatic rings. The van der Waals surface area contributed by atoms with E-state index in [0.29, 0.717) is 36.5 Å². The molecule has 1 aromatic rings. The van der Waals surface area contributed by atoms with Gasteiger partial charge in [-0.15, -0.1) is 0 Å². The van der Waals surface area contributed by atoms with Crippen molar-refractivity contribution in [1.82, 2.24) is 15.1 Å². The zero-order valence-corrected chi connectivity index (χ0v) is 17.1. The Morgan fingerprint density at radius 1 is 1.00 bits per heavy atom. The van der Waals surface area contributed by atoms with Gasteiger partial charge in [0.15, 0.2) is 0 Å². The molecule has 1 aromatic carbocycles. The summed E-state index contributed by atoms with van der Waals surface area (Å²) in [5, 5.41) is 3.34. The Balaban J connectivity index is 1.76. The Morgan fingerprint density at radius 2 is 1.64 bits per heavy atom. The number of nitrogens with one attached hydrogen (secondary N) is 1. The lowest BCUT2D eigenvalue weighted by Gasteiger charge is -2.38. The normalized spacial score (nSPS) is 19.2. The summed E-state index contributed by atoms with van der Waals surface area (Å²) in [6.45, 7) is 4.28. The summed E-state index contributed by atoms with van der Waals surface area (Å²) in [6.07, 6.45) is 4.54. The predicted molar refractivity (Wildman–Crippen MR) is 108 cm³/mol. The molecule has 28 heavy (non-hydrogen) atoms. The maximum Gasteiger partial charge on any atom is 0.253 e. The van der Waals surface area contributed by atoms with E-state index in [2.05, 4.69) is 5.32 Å². The molecule has 3 amide bonds. The molecule has 0 saturated carbocycles. The van der Waals surface area contributed by atoms with Crippen molar-refractivity contribution in [2.24, 2.45) is 5.92 Å². The number of rotatable bonds is 4. The zero-order chi connectivity index (χ0) is 20.1. The summed E-state index contributed by atoms with van der Waals surface area (Å²) in [5.74, 6) is -0.273. The van der Waals surface area contributed by atoms with Gasteiger partial charge in [0.05, 0.1) is 10.6 Å². The van der Waals surface area contributed by atoms with Crippen LogP contribution >= 0.6 is 11.6 Å². The van der Waals surface area contributed by atoms with Crippen molar-refractivity contribution in [3.05, 3.63) is 34.9 Å². The highest BCUT2D eigenvalue weighted by atomic mass is 35.5. The van der Waals surface area contributed by atoms with Crippen LogP contribution < -0.4 is 5.32 Å². The fraction of sp³-hybridized carbons (Fsp3) is 0.571. The SMILES string of the molecule is CC(=O)N1CCC([C@H](NC(=O)c2ccccc2Cl)C(=O)N2CCCCC2)CC1. The third-order valence-corrected chi connectivity index (χ3v) is 6.12. The molecular formula is C21H28ClN3O3. The molecule has 0 radical (unpaired) electrons. The first-order chi connectivity index (χ1) is 13.5. The molecule has 2 saturated heterocycles. The number of benzene rings is 1. The minimum Gasteiger partial charge on any atom is -0.343 e. The van der Waals surface area contributed by atoms with E-state index in [1.54, 1.807) is 36.1 Å². The van der Waals surface area contributed by atoms with E-state index < -0.39 is 6.04 Å². The van der Waals surface area contributed by atoms with Gasteiger partial charge in [-0.25, -0.2) is 0 Å². The van der Waals surface area contributed by atoms with Crippen molar-refractivity contribution >= 4 is 29.3 Å². The standard InChI is InChI=1S/C21H28ClN3O3/c1-15(26)24-13-9-16(10-14-24)19(21(28)25-11-5-2-6-12-25)23-20(27)17-7-3-4-8-18(17)22/h3-4,7-8,16,19H,2,5-6,9-14H2,1H3,(H,23,27)/t19-/m0/s1. The van der Waals surface area contributed by atoms with Crippen LogP contribution in [0.5, 0.6) is 0 Å². The first-order valence-corrected chi connectivity index (χ1v) is 10.4. The van der Waals surface area contributed by atoms with Crippen LogP contribution in [0, 0.1) is 5.92 Å². The number of nitrogens with zero attached hydrogens (tertiary/aromatic N) is 2. The molecule has 2 fully saturated rings. The van der Waals surface area contributed by atoms with Crippen LogP contribution in [0.25, 0.3) is 0 Å². The van der Waals surface area contributed by atoms with Gasteiger partial charge in [-0.05, 0) is 50.2 Å². The molecule has 2 aliphatic heterocycles. The van der Waals surface area contributed by atoms with E-state index in [1.807, 2.05) is 4.90 Å². The van der Waals surface area contributed by atoms with Crippen LogP contribution in [0.4, 0.5) is 0 Å². The molecule has 0 unspecified atom stereocenters. The number of hydrogen-bond acceptors (Lipinski definition) is 3. The highest BCUT2D eigenvalue weighted by Crippen LogP contribution is 2.24. The number of likely N-dealkylation sites (tertiary alicyclic amines) is 2. The molecule has 0 aliphatic carbocycles. The van der Waals surface area contributed by atoms with E-state index in [-0.39, 0.29) is 23.6 Å². The third-order valence-electron chi connectivity index (χ3n) is 5.80. The summed E-state index contributed by atoms with van der Waals surface area (Å²) in [4.78, 5) is 41.4. The first kappa shape index (κ1) is 20.6. The smallest absolute Gasteiger partial charge is 0.253 e. The van der Waals surface area contributed by atoms with Gasteiger partial charge in [0.25, 0.3) is 5.91 Å². The average molecular weight is 406 g/mol. The van der Waals surface area contributed by atoms with Gasteiger partial charge in [-0.2, -0.15) is 0 Å². The van der Waals surface area contributed by atoms with Crippen LogP contribution in [0.3, 0.4) is 0 Å². The van der Waals surface area contributed by atoms with Gasteiger partial charge in [-0.1, -0.05) is 23.7 Å². The Labute approximate surface area is 171 Å². The number of carbonyl (C=O) groups excluding carboxylic acids is 3. The first-order valence-electron chi connectivity index (χ1n) is 10.1. The van der Waals surface area contributed by atoms with Crippen molar-refractivity contribution in [2.45, 2.75) is 45.1 Å². The fourth-order valence-electron chi connectivity index (χ4n) is 4.10. The van der Waals surface area contributed by atoms with Gasteiger partial charge in [-0.3, -0.25) is 14.4 Å². The van der Waals surface area contributed by atoms with Crippen molar-refractivity contribution in [3.63, 3.8) is 0 Å². The van der Waals surface area contributed by atoms with Crippen molar-refractivity contribution < 1.29 is 14.4 Å². The van der Waals surface area contributed by atoms with Crippen LogP contribution in [0.15, 0.2) is 24.3 Å². The molecule has 0 spiro atoms. The van der Waals surface area contributed by atoms with E-state index in [0.717, 1.165) is 32.4 Å². The van der Waals surface area contributed by atoms with Crippen LogP contribution in [0.2, 0.25) is 5.02 Å². The second kappa shape index (κ2) is 9.41. The molecular weight excluding hydrogens is 378 g/mol. The molecule has 6 nitrogen and oxygen atoms in total. The number of carbonyl (C=O) groups is 3. The topological polar surface area (TPSA) is 69.7 Å². The molecule has 1 atom stereocenters. The lowest BCUT2D eigenvalue weighted by Crippen LogP contribution is -2.55. The Morgan fingerprint density at radius 3 is 2.25 bits per heavy atom. The second-order valence-corrected chi connectivity index (χ2v) is 8.07. The van der Waals surface area contributed by atoms with Gasteiger partial charge < -0.3 is 15.1 Å². The zero-order valence-electron chi connectivity index (χ0n) is 16.3. The molecule has 2 heterocycles. The average Bonchev–Trinajstić information content (AvgIpc) is 2.72. The maximum absolute atomic E-state index is 13.3. The highest BCUT2D eigenvalue weighted by Gasteiger charge is 2.36. The molecule has 0 bridgehead atoms. The lowest BCUT2D eigenvalue weighted by molar-refractivity contribution is -0.136. The van der Waals surface area contributed by atoms with Crippen LogP contribution in [-0.4, -0.2) is 59.7 Å². The van der Waals surface area contributed by atoms with E-state index >= 15 is 0 Å². The summed E-state index contributed by atoms with van der Waals surface area (Å²) in [6, 6.07) is 6.28. The monoisotopic (exact) mass is 405 g/mol. The summed E-state index contributed by atoms with van der Waals surface area (Å²) < 4.78 is 0. The molecule has 0 aromatic heterocycles. The quantitative estimate of drug-likeness (QED) is 0.837. The molecule has 3 rings (SSSR count). The number of halogens is 1. The van der Waals surface area contributed by atoms with Gasteiger partial charge >= 0.3 is 0 Å². The maximum atomic E-state index is 13.3. The third kappa shape index (κ3) is 4.85.